The minimum Gasteiger partial charge on any atom is -0.497 e. The Labute approximate surface area is 175 Å². The molecule has 0 spiro atoms. The van der Waals surface area contributed by atoms with Crippen LogP contribution in [0.4, 0.5) is 8.78 Å². The topological polar surface area (TPSA) is 73.3 Å². The molecule has 0 amide bonds. The number of aliphatic imine (C=N–C) groups is 1. The molecule has 0 aliphatic carbocycles. The summed E-state index contributed by atoms with van der Waals surface area (Å²) in [5, 5.41) is 6.33. The van der Waals surface area contributed by atoms with Gasteiger partial charge < -0.3 is 29.6 Å². The number of nitrogens with one attached hydrogen (secondary N) is 2. The van der Waals surface area contributed by atoms with E-state index in [4.69, 9.17) is 14.2 Å². The molecule has 0 saturated carbocycles. The van der Waals surface area contributed by atoms with Gasteiger partial charge in [-0.05, 0) is 31.2 Å². The highest BCUT2D eigenvalue weighted by molar-refractivity contribution is 5.79. The van der Waals surface area contributed by atoms with Crippen molar-refractivity contribution in [2.45, 2.75) is 26.6 Å². The number of nitrogens with zero attached hydrogens (tertiary/aromatic N) is 1. The number of methoxy groups -OCH3 is 3. The monoisotopic (exact) mass is 423 g/mol. The zero-order valence-electron chi connectivity index (χ0n) is 17.5. The van der Waals surface area contributed by atoms with Crippen LogP contribution in [0.3, 0.4) is 0 Å². The van der Waals surface area contributed by atoms with E-state index in [2.05, 4.69) is 20.4 Å². The number of hydrogen-bond acceptors (Lipinski definition) is 5. The van der Waals surface area contributed by atoms with Crippen molar-refractivity contribution in [1.82, 2.24) is 10.6 Å². The van der Waals surface area contributed by atoms with Gasteiger partial charge in [0.2, 0.25) is 0 Å². The molecule has 164 valence electrons. The Morgan fingerprint density at radius 1 is 0.967 bits per heavy atom. The van der Waals surface area contributed by atoms with Gasteiger partial charge in [0.15, 0.2) is 17.5 Å². The van der Waals surface area contributed by atoms with Gasteiger partial charge in [0.25, 0.3) is 0 Å². The Bertz CT molecular complexity index is 847. The molecule has 2 aromatic rings. The highest BCUT2D eigenvalue weighted by Crippen LogP contribution is 2.30. The van der Waals surface area contributed by atoms with Crippen LogP contribution in [-0.4, -0.2) is 40.4 Å². The van der Waals surface area contributed by atoms with Crippen LogP contribution in [0.25, 0.3) is 0 Å². The van der Waals surface area contributed by atoms with Crippen LogP contribution in [0.1, 0.15) is 18.1 Å². The minimum atomic E-state index is -2.92. The summed E-state index contributed by atoms with van der Waals surface area (Å²) in [5.74, 6) is 2.35. The quantitative estimate of drug-likeness (QED) is 0.450. The van der Waals surface area contributed by atoms with Crippen LogP contribution in [-0.2, 0) is 13.1 Å². The van der Waals surface area contributed by atoms with Crippen LogP contribution in [0, 0.1) is 0 Å². The number of benzene rings is 2. The normalized spacial score (nSPS) is 11.2. The second-order valence-electron chi connectivity index (χ2n) is 6.05. The molecule has 0 unspecified atom stereocenters. The van der Waals surface area contributed by atoms with Crippen LogP contribution in [0.5, 0.6) is 23.0 Å². The molecule has 0 aromatic heterocycles. The SMILES string of the molecule is CCNC(=NCc1cc(OC)ccc1OC(F)F)NCc1cccc(OC)c1OC. The third kappa shape index (κ3) is 6.40. The van der Waals surface area contributed by atoms with Crippen molar-refractivity contribution >= 4 is 5.96 Å². The molecule has 0 heterocycles. The third-order valence-electron chi connectivity index (χ3n) is 4.17. The average molecular weight is 423 g/mol. The summed E-state index contributed by atoms with van der Waals surface area (Å²) in [7, 11) is 4.66. The van der Waals surface area contributed by atoms with Crippen LogP contribution < -0.4 is 29.6 Å². The van der Waals surface area contributed by atoms with E-state index >= 15 is 0 Å². The van der Waals surface area contributed by atoms with Crippen molar-refractivity contribution in [3.05, 3.63) is 47.5 Å². The first-order chi connectivity index (χ1) is 14.5. The molecule has 0 aliphatic rings. The third-order valence-corrected chi connectivity index (χ3v) is 4.17. The molecule has 2 aromatic carbocycles. The molecule has 2 rings (SSSR count). The number of ether oxygens (including phenoxy) is 4. The molecule has 0 aliphatic heterocycles. The highest BCUT2D eigenvalue weighted by atomic mass is 19.3. The number of alkyl halides is 2. The predicted octanol–water partition coefficient (Wildman–Crippen LogP) is 3.57. The van der Waals surface area contributed by atoms with E-state index in [0.29, 0.717) is 41.9 Å². The van der Waals surface area contributed by atoms with E-state index in [-0.39, 0.29) is 12.3 Å². The average Bonchev–Trinajstić information content (AvgIpc) is 2.75. The maximum atomic E-state index is 12.7. The molecular formula is C21H27F2N3O4. The van der Waals surface area contributed by atoms with Crippen molar-refractivity contribution in [3.63, 3.8) is 0 Å². The fourth-order valence-electron chi connectivity index (χ4n) is 2.80. The summed E-state index contributed by atoms with van der Waals surface area (Å²) in [5.41, 5.74) is 1.36. The second kappa shape index (κ2) is 11.7. The van der Waals surface area contributed by atoms with E-state index in [1.807, 2.05) is 25.1 Å². The summed E-state index contributed by atoms with van der Waals surface area (Å²) in [6.45, 7) is 0.168. The van der Waals surface area contributed by atoms with Crippen molar-refractivity contribution in [2.75, 3.05) is 27.9 Å². The first-order valence-corrected chi connectivity index (χ1v) is 9.36. The fraction of sp³-hybridized carbons (Fsp3) is 0.381. The van der Waals surface area contributed by atoms with Crippen molar-refractivity contribution in [3.8, 4) is 23.0 Å². The lowest BCUT2D eigenvalue weighted by atomic mass is 10.2. The van der Waals surface area contributed by atoms with Gasteiger partial charge in [0.05, 0.1) is 27.9 Å². The van der Waals surface area contributed by atoms with Gasteiger partial charge in [-0.15, -0.1) is 0 Å². The Morgan fingerprint density at radius 2 is 1.77 bits per heavy atom. The first kappa shape index (κ1) is 23.1. The van der Waals surface area contributed by atoms with Gasteiger partial charge >= 0.3 is 6.61 Å². The largest absolute Gasteiger partial charge is 0.497 e. The lowest BCUT2D eigenvalue weighted by Crippen LogP contribution is -2.36. The number of rotatable bonds is 10. The van der Waals surface area contributed by atoms with Crippen LogP contribution in [0.2, 0.25) is 0 Å². The molecule has 2 N–H and O–H groups in total. The maximum absolute atomic E-state index is 12.7. The van der Waals surface area contributed by atoms with E-state index in [1.165, 1.54) is 13.2 Å². The summed E-state index contributed by atoms with van der Waals surface area (Å²) in [6, 6.07) is 10.2. The molecule has 0 radical (unpaired) electrons. The predicted molar refractivity (Wildman–Crippen MR) is 111 cm³/mol. The molecular weight excluding hydrogens is 396 g/mol. The summed E-state index contributed by atoms with van der Waals surface area (Å²) < 4.78 is 45.9. The highest BCUT2D eigenvalue weighted by Gasteiger charge is 2.12. The lowest BCUT2D eigenvalue weighted by molar-refractivity contribution is -0.0504. The molecule has 7 nitrogen and oxygen atoms in total. The first-order valence-electron chi connectivity index (χ1n) is 9.36. The Morgan fingerprint density at radius 3 is 2.40 bits per heavy atom. The van der Waals surface area contributed by atoms with Gasteiger partial charge in [-0.2, -0.15) is 8.78 Å². The van der Waals surface area contributed by atoms with Gasteiger partial charge in [-0.1, -0.05) is 12.1 Å². The van der Waals surface area contributed by atoms with Gasteiger partial charge in [0.1, 0.15) is 11.5 Å². The van der Waals surface area contributed by atoms with E-state index in [1.54, 1.807) is 26.4 Å². The Kier molecular flexibility index (Phi) is 8.99. The number of halogens is 2. The van der Waals surface area contributed by atoms with Gasteiger partial charge in [-0.25, -0.2) is 4.99 Å². The van der Waals surface area contributed by atoms with Gasteiger partial charge in [-0.3, -0.25) is 0 Å². The van der Waals surface area contributed by atoms with Crippen molar-refractivity contribution in [1.29, 1.82) is 0 Å². The molecule has 0 saturated heterocycles. The van der Waals surface area contributed by atoms with Crippen molar-refractivity contribution in [2.24, 2.45) is 4.99 Å². The standard InChI is InChI=1S/C21H27F2N3O4/c1-5-24-21(25-12-14-7-6-8-18(28-3)19(14)29-4)26-13-15-11-16(27-2)9-10-17(15)30-20(22)23/h6-11,20H,5,12-13H2,1-4H3,(H2,24,25,26). The smallest absolute Gasteiger partial charge is 0.387 e. The number of guanidine groups is 1. The summed E-state index contributed by atoms with van der Waals surface area (Å²) in [6.07, 6.45) is 0. The summed E-state index contributed by atoms with van der Waals surface area (Å²) in [4.78, 5) is 4.48. The Balaban J connectivity index is 2.19. The molecule has 9 heteroatoms. The molecule has 0 bridgehead atoms. The lowest BCUT2D eigenvalue weighted by Gasteiger charge is -2.16. The fourth-order valence-corrected chi connectivity index (χ4v) is 2.80. The second-order valence-corrected chi connectivity index (χ2v) is 6.05. The molecule has 0 atom stereocenters. The zero-order valence-corrected chi connectivity index (χ0v) is 17.5. The van der Waals surface area contributed by atoms with Crippen molar-refractivity contribution < 1.29 is 27.7 Å². The number of hydrogen-bond donors (Lipinski definition) is 2. The molecule has 0 fully saturated rings. The van der Waals surface area contributed by atoms with E-state index in [9.17, 15) is 8.78 Å². The zero-order chi connectivity index (χ0) is 21.9. The van der Waals surface area contributed by atoms with Crippen LogP contribution in [0.15, 0.2) is 41.4 Å². The number of para-hydroxylation sites is 1. The maximum Gasteiger partial charge on any atom is 0.387 e. The minimum absolute atomic E-state index is 0.0554. The Hall–Kier alpha value is -3.23. The molecule has 30 heavy (non-hydrogen) atoms. The van der Waals surface area contributed by atoms with E-state index in [0.717, 1.165) is 5.56 Å². The van der Waals surface area contributed by atoms with Gasteiger partial charge in [0, 0.05) is 24.2 Å². The summed E-state index contributed by atoms with van der Waals surface area (Å²) >= 11 is 0. The van der Waals surface area contributed by atoms with E-state index < -0.39 is 6.61 Å². The van der Waals surface area contributed by atoms with Crippen LogP contribution >= 0.6 is 0 Å².